The molecule has 0 aromatic rings. The van der Waals surface area contributed by atoms with Crippen LogP contribution in [0.25, 0.3) is 0 Å². The molecule has 3 aliphatic rings. The number of nitrogens with zero attached hydrogens (tertiary/aromatic N) is 1. The van der Waals surface area contributed by atoms with Crippen molar-refractivity contribution in [2.45, 2.75) is 50.4 Å². The molecule has 2 heterocycles. The number of rotatable bonds is 3. The van der Waals surface area contributed by atoms with Gasteiger partial charge < -0.3 is 15.5 Å². The van der Waals surface area contributed by atoms with Gasteiger partial charge in [-0.25, -0.2) is 4.39 Å². The van der Waals surface area contributed by atoms with Gasteiger partial charge in [-0.1, -0.05) is 0 Å². The van der Waals surface area contributed by atoms with Crippen molar-refractivity contribution in [2.75, 3.05) is 19.6 Å². The smallest absolute Gasteiger partial charge is 0.320 e. The van der Waals surface area contributed by atoms with Crippen molar-refractivity contribution < 1.29 is 24.2 Å². The number of carboxylic acids is 2. The Balaban J connectivity index is 1.63. The van der Waals surface area contributed by atoms with Crippen molar-refractivity contribution in [1.29, 1.82) is 0 Å². The van der Waals surface area contributed by atoms with E-state index in [1.54, 1.807) is 0 Å². The third kappa shape index (κ3) is 3.66. The molecule has 23 heavy (non-hydrogen) atoms. The summed E-state index contributed by atoms with van der Waals surface area (Å²) >= 11 is 0. The third-order valence-electron chi connectivity index (χ3n) is 5.87. The summed E-state index contributed by atoms with van der Waals surface area (Å²) in [6, 6.07) is -0.304. The summed E-state index contributed by atoms with van der Waals surface area (Å²) in [5.74, 6) is -1.53. The second-order valence-electron chi connectivity index (χ2n) is 7.34. The van der Waals surface area contributed by atoms with Gasteiger partial charge in [-0.3, -0.25) is 14.5 Å². The SMILES string of the molecule is O=C(O)C1CC2CC(N3C[C@H](F)C[C@@H](C(=O)O)C3)CCC2CN1. The Hall–Kier alpha value is -1.21. The van der Waals surface area contributed by atoms with Crippen molar-refractivity contribution in [1.82, 2.24) is 10.2 Å². The molecule has 4 unspecified atom stereocenters. The quantitative estimate of drug-likeness (QED) is 0.715. The summed E-state index contributed by atoms with van der Waals surface area (Å²) < 4.78 is 13.9. The van der Waals surface area contributed by atoms with Crippen LogP contribution in [0.15, 0.2) is 0 Å². The number of halogens is 1. The molecule has 2 saturated heterocycles. The monoisotopic (exact) mass is 328 g/mol. The number of carboxylic acid groups (broad SMARTS) is 2. The maximum atomic E-state index is 13.9. The van der Waals surface area contributed by atoms with Crippen LogP contribution in [0, 0.1) is 17.8 Å². The predicted octanol–water partition coefficient (Wildman–Crippen LogP) is 0.962. The van der Waals surface area contributed by atoms with Crippen LogP contribution >= 0.6 is 0 Å². The molecule has 1 aliphatic carbocycles. The Bertz CT molecular complexity index is 475. The number of fused-ring (bicyclic) bond motifs is 1. The number of hydrogen-bond donors (Lipinski definition) is 3. The molecule has 0 radical (unpaired) electrons. The minimum absolute atomic E-state index is 0.107. The fourth-order valence-electron chi connectivity index (χ4n) is 4.61. The van der Waals surface area contributed by atoms with Gasteiger partial charge in [0.2, 0.25) is 0 Å². The van der Waals surface area contributed by atoms with E-state index in [0.717, 1.165) is 25.8 Å². The van der Waals surface area contributed by atoms with Crippen molar-refractivity contribution in [2.24, 2.45) is 17.8 Å². The van der Waals surface area contributed by atoms with Crippen molar-refractivity contribution >= 4 is 11.9 Å². The number of alkyl halides is 1. The van der Waals surface area contributed by atoms with Crippen LogP contribution < -0.4 is 5.32 Å². The minimum atomic E-state index is -1.08. The van der Waals surface area contributed by atoms with E-state index in [1.807, 2.05) is 4.90 Å². The first kappa shape index (κ1) is 16.6. The fraction of sp³-hybridized carbons (Fsp3) is 0.875. The summed E-state index contributed by atoms with van der Waals surface area (Å²) in [7, 11) is 0. The van der Waals surface area contributed by atoms with Gasteiger partial charge in [0.25, 0.3) is 0 Å². The summed E-state index contributed by atoms with van der Waals surface area (Å²) in [4.78, 5) is 24.4. The van der Waals surface area contributed by atoms with Gasteiger partial charge in [0.1, 0.15) is 12.2 Å². The first-order valence-corrected chi connectivity index (χ1v) is 8.51. The molecule has 2 aliphatic heterocycles. The molecule has 3 N–H and O–H groups in total. The van der Waals surface area contributed by atoms with Gasteiger partial charge in [-0.2, -0.15) is 0 Å². The van der Waals surface area contributed by atoms with Crippen LogP contribution in [0.1, 0.15) is 32.1 Å². The zero-order chi connectivity index (χ0) is 16.6. The minimum Gasteiger partial charge on any atom is -0.481 e. The van der Waals surface area contributed by atoms with Crippen molar-refractivity contribution in [3.05, 3.63) is 0 Å². The number of nitrogens with one attached hydrogen (secondary N) is 1. The van der Waals surface area contributed by atoms with E-state index in [1.165, 1.54) is 0 Å². The van der Waals surface area contributed by atoms with Crippen LogP contribution in [0.4, 0.5) is 4.39 Å². The number of carbonyl (C=O) groups is 2. The van der Waals surface area contributed by atoms with E-state index >= 15 is 0 Å². The molecule has 7 heteroatoms. The van der Waals surface area contributed by atoms with E-state index in [2.05, 4.69) is 5.32 Å². The highest BCUT2D eigenvalue weighted by Crippen LogP contribution is 2.38. The van der Waals surface area contributed by atoms with E-state index in [-0.39, 0.29) is 12.5 Å². The lowest BCUT2D eigenvalue weighted by Crippen LogP contribution is -2.54. The molecule has 3 rings (SSSR count). The van der Waals surface area contributed by atoms with Crippen LogP contribution in [-0.4, -0.2) is 64.9 Å². The van der Waals surface area contributed by atoms with Gasteiger partial charge in [-0.15, -0.1) is 0 Å². The average Bonchev–Trinajstić information content (AvgIpc) is 2.53. The molecular weight excluding hydrogens is 303 g/mol. The second-order valence-corrected chi connectivity index (χ2v) is 7.34. The molecular formula is C16H25FN2O4. The van der Waals surface area contributed by atoms with Crippen LogP contribution in [0.2, 0.25) is 0 Å². The lowest BCUT2D eigenvalue weighted by molar-refractivity contribution is -0.146. The lowest BCUT2D eigenvalue weighted by atomic mass is 9.71. The summed E-state index contributed by atoms with van der Waals surface area (Å²) in [5.41, 5.74) is 0. The fourth-order valence-corrected chi connectivity index (χ4v) is 4.61. The van der Waals surface area contributed by atoms with Crippen LogP contribution in [-0.2, 0) is 9.59 Å². The van der Waals surface area contributed by atoms with E-state index in [0.29, 0.717) is 31.3 Å². The first-order chi connectivity index (χ1) is 10.9. The number of aliphatic carboxylic acids is 2. The van der Waals surface area contributed by atoms with E-state index in [9.17, 15) is 24.2 Å². The summed E-state index contributed by atoms with van der Waals surface area (Å²) in [5, 5.41) is 21.5. The predicted molar refractivity (Wildman–Crippen MR) is 80.9 cm³/mol. The molecule has 0 amide bonds. The van der Waals surface area contributed by atoms with Gasteiger partial charge in [-0.05, 0) is 50.5 Å². The van der Waals surface area contributed by atoms with Crippen molar-refractivity contribution in [3.63, 3.8) is 0 Å². The molecule has 6 atom stereocenters. The van der Waals surface area contributed by atoms with Crippen molar-refractivity contribution in [3.8, 4) is 0 Å². The van der Waals surface area contributed by atoms with Crippen LogP contribution in [0.5, 0.6) is 0 Å². The maximum absolute atomic E-state index is 13.9. The molecule has 0 bridgehead atoms. The summed E-state index contributed by atoms with van der Waals surface area (Å²) in [6.45, 7) is 1.46. The van der Waals surface area contributed by atoms with E-state index < -0.39 is 30.1 Å². The molecule has 1 saturated carbocycles. The Morgan fingerprint density at radius 3 is 2.48 bits per heavy atom. The average molecular weight is 328 g/mol. The normalized spacial score (nSPS) is 42.0. The Labute approximate surface area is 135 Å². The highest BCUT2D eigenvalue weighted by Gasteiger charge is 2.41. The Morgan fingerprint density at radius 2 is 1.78 bits per heavy atom. The Kier molecular flexibility index (Phi) is 4.87. The Morgan fingerprint density at radius 1 is 1.00 bits per heavy atom. The highest BCUT2D eigenvalue weighted by atomic mass is 19.1. The van der Waals surface area contributed by atoms with Gasteiger partial charge in [0.15, 0.2) is 0 Å². The summed E-state index contributed by atoms with van der Waals surface area (Å²) in [6.07, 6.45) is 2.44. The largest absolute Gasteiger partial charge is 0.481 e. The molecule has 3 fully saturated rings. The lowest BCUT2D eigenvalue weighted by Gasteiger charge is -2.46. The van der Waals surface area contributed by atoms with E-state index in [4.69, 9.17) is 0 Å². The molecule has 0 spiro atoms. The van der Waals surface area contributed by atoms with Crippen LogP contribution in [0.3, 0.4) is 0 Å². The number of likely N-dealkylation sites (tertiary alicyclic amines) is 1. The number of piperidine rings is 2. The topological polar surface area (TPSA) is 89.9 Å². The molecule has 6 nitrogen and oxygen atoms in total. The third-order valence-corrected chi connectivity index (χ3v) is 5.87. The first-order valence-electron chi connectivity index (χ1n) is 8.51. The highest BCUT2D eigenvalue weighted by molar-refractivity contribution is 5.73. The molecule has 0 aromatic heterocycles. The van der Waals surface area contributed by atoms with Gasteiger partial charge in [0, 0.05) is 19.1 Å². The van der Waals surface area contributed by atoms with Gasteiger partial charge >= 0.3 is 11.9 Å². The molecule has 130 valence electrons. The zero-order valence-electron chi connectivity index (χ0n) is 13.2. The van der Waals surface area contributed by atoms with Gasteiger partial charge in [0.05, 0.1) is 5.92 Å². The maximum Gasteiger partial charge on any atom is 0.320 e. The zero-order valence-corrected chi connectivity index (χ0v) is 13.2. The number of hydrogen-bond acceptors (Lipinski definition) is 4. The second kappa shape index (κ2) is 6.73. The molecule has 0 aromatic carbocycles. The standard InChI is InChI=1S/C16H25FN2O4/c17-12-3-11(15(20)21)7-19(8-12)13-2-1-9-6-18-14(16(22)23)5-10(9)4-13/h9-14,18H,1-8H2,(H,20,21)(H,22,23)/t9?,10?,11-,12-,13?,14?/m1/s1.